The van der Waals surface area contributed by atoms with Crippen LogP contribution in [0.2, 0.25) is 0 Å². The lowest BCUT2D eigenvalue weighted by Crippen LogP contribution is -2.18. The predicted molar refractivity (Wildman–Crippen MR) is 75.8 cm³/mol. The van der Waals surface area contributed by atoms with Crippen molar-refractivity contribution in [3.63, 3.8) is 0 Å². The summed E-state index contributed by atoms with van der Waals surface area (Å²) in [6.07, 6.45) is 5.19. The van der Waals surface area contributed by atoms with Gasteiger partial charge in [-0.25, -0.2) is 0 Å². The van der Waals surface area contributed by atoms with Crippen LogP contribution in [0, 0.1) is 0 Å². The molecule has 1 nitrogen and oxygen atoms in total. The molecule has 84 valence electrons. The van der Waals surface area contributed by atoms with Gasteiger partial charge in [0.15, 0.2) is 0 Å². The second-order valence-corrected chi connectivity index (χ2v) is 4.81. The molecule has 0 saturated heterocycles. The number of rotatable bonds is 8. The van der Waals surface area contributed by atoms with Gasteiger partial charge in [0.05, 0.1) is 0 Å². The van der Waals surface area contributed by atoms with E-state index >= 15 is 0 Å². The summed E-state index contributed by atoms with van der Waals surface area (Å²) in [5, 5.41) is 3.49. The van der Waals surface area contributed by atoms with Crippen LogP contribution in [0.4, 0.5) is 0 Å². The fraction of sp³-hybridized carbons (Fsp3) is 0.538. The molecule has 0 fully saturated rings. The zero-order valence-corrected chi connectivity index (χ0v) is 11.4. The van der Waals surface area contributed by atoms with E-state index in [0.717, 1.165) is 13.0 Å². The zero-order valence-electron chi connectivity index (χ0n) is 9.21. The van der Waals surface area contributed by atoms with E-state index in [1.54, 1.807) is 0 Å². The van der Waals surface area contributed by atoms with E-state index in [0.29, 0.717) is 0 Å². The van der Waals surface area contributed by atoms with Gasteiger partial charge in [-0.1, -0.05) is 59.3 Å². The SMILES string of the molecule is ICCCCCNCCc1ccccc1. The second kappa shape index (κ2) is 9.16. The number of unbranched alkanes of at least 4 members (excludes halogenated alkanes) is 2. The van der Waals surface area contributed by atoms with Gasteiger partial charge in [-0.2, -0.15) is 0 Å². The van der Waals surface area contributed by atoms with Crippen molar-refractivity contribution in [3.05, 3.63) is 35.9 Å². The highest BCUT2D eigenvalue weighted by atomic mass is 127. The first-order valence-corrected chi connectivity index (χ1v) is 7.26. The number of hydrogen-bond donors (Lipinski definition) is 1. The maximum absolute atomic E-state index is 3.49. The molecule has 0 aromatic heterocycles. The number of nitrogens with one attached hydrogen (secondary N) is 1. The lowest BCUT2D eigenvalue weighted by molar-refractivity contribution is 0.620. The van der Waals surface area contributed by atoms with Crippen LogP contribution in [0.5, 0.6) is 0 Å². The molecule has 0 spiro atoms. The maximum Gasteiger partial charge on any atom is -0.000472 e. The van der Waals surface area contributed by atoms with E-state index in [2.05, 4.69) is 58.2 Å². The molecule has 0 heterocycles. The summed E-state index contributed by atoms with van der Waals surface area (Å²) in [6.45, 7) is 2.28. The average molecular weight is 317 g/mol. The molecule has 1 rings (SSSR count). The van der Waals surface area contributed by atoms with Gasteiger partial charge >= 0.3 is 0 Å². The third kappa shape index (κ3) is 6.90. The van der Waals surface area contributed by atoms with E-state index in [1.807, 2.05) is 0 Å². The number of alkyl halides is 1. The lowest BCUT2D eigenvalue weighted by Gasteiger charge is -2.04. The monoisotopic (exact) mass is 317 g/mol. The first-order chi connectivity index (χ1) is 7.43. The molecule has 1 aromatic carbocycles. The van der Waals surface area contributed by atoms with Crippen LogP contribution >= 0.6 is 22.6 Å². The molecule has 15 heavy (non-hydrogen) atoms. The summed E-state index contributed by atoms with van der Waals surface area (Å²) in [7, 11) is 0. The molecular weight excluding hydrogens is 297 g/mol. The first kappa shape index (κ1) is 13.0. The Morgan fingerprint density at radius 3 is 2.47 bits per heavy atom. The third-order valence-electron chi connectivity index (χ3n) is 2.42. The molecule has 0 amide bonds. The Kier molecular flexibility index (Phi) is 7.92. The fourth-order valence-corrected chi connectivity index (χ4v) is 2.06. The van der Waals surface area contributed by atoms with Gasteiger partial charge in [0.1, 0.15) is 0 Å². The van der Waals surface area contributed by atoms with Gasteiger partial charge in [0, 0.05) is 0 Å². The standard InChI is InChI=1S/C13H20IN/c14-10-5-2-6-11-15-12-9-13-7-3-1-4-8-13/h1,3-4,7-8,15H,2,5-6,9-12H2. The Labute approximate surface area is 107 Å². The smallest absolute Gasteiger partial charge is 0.000472 e. The highest BCUT2D eigenvalue weighted by Gasteiger charge is 1.91. The Bertz CT molecular complexity index is 236. The van der Waals surface area contributed by atoms with E-state index in [1.165, 1.54) is 35.8 Å². The quantitative estimate of drug-likeness (QED) is 0.440. The van der Waals surface area contributed by atoms with Crippen molar-refractivity contribution in [2.75, 3.05) is 17.5 Å². The summed E-state index contributed by atoms with van der Waals surface area (Å²) in [5.41, 5.74) is 1.43. The normalized spacial score (nSPS) is 10.5. The van der Waals surface area contributed by atoms with E-state index in [-0.39, 0.29) is 0 Å². The van der Waals surface area contributed by atoms with Gasteiger partial charge in [-0.05, 0) is 42.3 Å². The number of hydrogen-bond acceptors (Lipinski definition) is 1. The molecule has 1 aromatic rings. The highest BCUT2D eigenvalue weighted by molar-refractivity contribution is 14.1. The van der Waals surface area contributed by atoms with Crippen molar-refractivity contribution in [3.8, 4) is 0 Å². The minimum absolute atomic E-state index is 1.11. The summed E-state index contributed by atoms with van der Waals surface area (Å²) in [4.78, 5) is 0. The largest absolute Gasteiger partial charge is 0.316 e. The molecule has 0 aliphatic rings. The fourth-order valence-electron chi connectivity index (χ4n) is 1.52. The van der Waals surface area contributed by atoms with Crippen molar-refractivity contribution < 1.29 is 0 Å². The molecule has 1 N–H and O–H groups in total. The molecular formula is C13H20IN. The van der Waals surface area contributed by atoms with Crippen LogP contribution in [0.3, 0.4) is 0 Å². The van der Waals surface area contributed by atoms with Crippen LogP contribution in [-0.2, 0) is 6.42 Å². The van der Waals surface area contributed by atoms with Crippen LogP contribution in [-0.4, -0.2) is 17.5 Å². The molecule has 0 unspecified atom stereocenters. The Balaban J connectivity index is 1.93. The van der Waals surface area contributed by atoms with Crippen molar-refractivity contribution in [2.24, 2.45) is 0 Å². The molecule has 0 aliphatic heterocycles. The van der Waals surface area contributed by atoms with Crippen molar-refractivity contribution >= 4 is 22.6 Å². The molecule has 0 bridgehead atoms. The zero-order chi connectivity index (χ0) is 10.8. The maximum atomic E-state index is 3.49. The Hall–Kier alpha value is -0.0900. The molecule has 0 saturated carbocycles. The van der Waals surface area contributed by atoms with Gasteiger partial charge in [0.25, 0.3) is 0 Å². The number of benzene rings is 1. The topological polar surface area (TPSA) is 12.0 Å². The van der Waals surface area contributed by atoms with Crippen LogP contribution < -0.4 is 5.32 Å². The van der Waals surface area contributed by atoms with E-state index < -0.39 is 0 Å². The third-order valence-corrected chi connectivity index (χ3v) is 3.18. The average Bonchev–Trinajstić information content (AvgIpc) is 2.29. The minimum Gasteiger partial charge on any atom is -0.316 e. The molecule has 2 heteroatoms. The van der Waals surface area contributed by atoms with Crippen molar-refractivity contribution in [1.82, 2.24) is 5.32 Å². The number of halogens is 1. The predicted octanol–water partition coefficient (Wildman–Crippen LogP) is 3.42. The molecule has 0 aliphatic carbocycles. The summed E-state index contributed by atoms with van der Waals surface area (Å²) in [5.74, 6) is 0. The van der Waals surface area contributed by atoms with E-state index in [4.69, 9.17) is 0 Å². The van der Waals surface area contributed by atoms with Gasteiger partial charge < -0.3 is 5.32 Å². The molecule has 0 atom stereocenters. The Morgan fingerprint density at radius 2 is 1.73 bits per heavy atom. The van der Waals surface area contributed by atoms with Gasteiger partial charge in [0.2, 0.25) is 0 Å². The van der Waals surface area contributed by atoms with Gasteiger partial charge in [-0.15, -0.1) is 0 Å². The van der Waals surface area contributed by atoms with Crippen molar-refractivity contribution in [2.45, 2.75) is 25.7 Å². The molecule has 0 radical (unpaired) electrons. The highest BCUT2D eigenvalue weighted by Crippen LogP contribution is 1.99. The summed E-state index contributed by atoms with van der Waals surface area (Å²) >= 11 is 2.44. The van der Waals surface area contributed by atoms with Crippen molar-refractivity contribution in [1.29, 1.82) is 0 Å². The Morgan fingerprint density at radius 1 is 0.933 bits per heavy atom. The summed E-state index contributed by atoms with van der Waals surface area (Å²) < 4.78 is 1.29. The van der Waals surface area contributed by atoms with E-state index in [9.17, 15) is 0 Å². The first-order valence-electron chi connectivity index (χ1n) is 5.74. The van der Waals surface area contributed by atoms with Crippen LogP contribution in [0.25, 0.3) is 0 Å². The minimum atomic E-state index is 1.11. The van der Waals surface area contributed by atoms with Crippen LogP contribution in [0.1, 0.15) is 24.8 Å². The van der Waals surface area contributed by atoms with Gasteiger partial charge in [-0.3, -0.25) is 0 Å². The summed E-state index contributed by atoms with van der Waals surface area (Å²) in [6, 6.07) is 10.7. The van der Waals surface area contributed by atoms with Crippen LogP contribution in [0.15, 0.2) is 30.3 Å². The second-order valence-electron chi connectivity index (χ2n) is 3.74. The lowest BCUT2D eigenvalue weighted by atomic mass is 10.1.